The number of hydrogen-bond donors (Lipinski definition) is 2. The molecule has 0 fully saturated rings. The van der Waals surface area contributed by atoms with Gasteiger partial charge in [-0.25, -0.2) is 8.42 Å². The molecule has 1 atom stereocenters. The summed E-state index contributed by atoms with van der Waals surface area (Å²) in [7, 11) is -4.27. The summed E-state index contributed by atoms with van der Waals surface area (Å²) in [5.74, 6) is -1.23. The number of rotatable bonds is 9. The number of para-hydroxylation sites is 1. The van der Waals surface area contributed by atoms with Crippen LogP contribution in [0.2, 0.25) is 0 Å². The van der Waals surface area contributed by atoms with Crippen LogP contribution in [0.5, 0.6) is 0 Å². The van der Waals surface area contributed by atoms with Gasteiger partial charge in [-0.05, 0) is 35.2 Å². The van der Waals surface area contributed by atoms with Gasteiger partial charge in [-0.1, -0.05) is 72.8 Å². The standard InChI is InChI=1S/C26H25N3O4S/c27-17-21-10-4-5-11-22(21)18-29(23(26(30)31)16-19-8-2-1-3-9-19)34(32,33)24-14-6-12-20-13-7-15-28-25(20)24/h1-15,23H,16-18,27H2,(H,30,31). The minimum absolute atomic E-state index is 0.0123. The molecule has 1 unspecified atom stereocenters. The summed E-state index contributed by atoms with van der Waals surface area (Å²) in [6.45, 7) is 0.0685. The Morgan fingerprint density at radius 2 is 1.59 bits per heavy atom. The molecule has 3 aromatic carbocycles. The van der Waals surface area contributed by atoms with E-state index in [1.165, 1.54) is 12.3 Å². The van der Waals surface area contributed by atoms with Gasteiger partial charge in [0.25, 0.3) is 0 Å². The number of carboxylic acid groups (broad SMARTS) is 1. The number of carboxylic acids is 1. The predicted molar refractivity (Wildman–Crippen MR) is 130 cm³/mol. The van der Waals surface area contributed by atoms with Crippen LogP contribution in [0.4, 0.5) is 0 Å². The topological polar surface area (TPSA) is 114 Å². The van der Waals surface area contributed by atoms with Gasteiger partial charge in [0.05, 0.1) is 5.52 Å². The van der Waals surface area contributed by atoms with Gasteiger partial charge in [0.15, 0.2) is 0 Å². The van der Waals surface area contributed by atoms with E-state index in [0.717, 1.165) is 15.4 Å². The highest BCUT2D eigenvalue weighted by atomic mass is 32.2. The maximum absolute atomic E-state index is 14.1. The van der Waals surface area contributed by atoms with Gasteiger partial charge >= 0.3 is 5.97 Å². The molecule has 34 heavy (non-hydrogen) atoms. The Morgan fingerprint density at radius 3 is 2.29 bits per heavy atom. The highest BCUT2D eigenvalue weighted by Gasteiger charge is 2.37. The van der Waals surface area contributed by atoms with Gasteiger partial charge in [0.1, 0.15) is 10.9 Å². The van der Waals surface area contributed by atoms with Gasteiger partial charge in [0.2, 0.25) is 10.0 Å². The highest BCUT2D eigenvalue weighted by Crippen LogP contribution is 2.28. The molecule has 0 saturated heterocycles. The van der Waals surface area contributed by atoms with Crippen LogP contribution >= 0.6 is 0 Å². The van der Waals surface area contributed by atoms with E-state index in [-0.39, 0.29) is 24.4 Å². The second kappa shape index (κ2) is 10.1. The van der Waals surface area contributed by atoms with Gasteiger partial charge in [0, 0.05) is 24.7 Å². The number of aliphatic carboxylic acids is 1. The first-order valence-electron chi connectivity index (χ1n) is 10.8. The van der Waals surface area contributed by atoms with Crippen molar-refractivity contribution in [3.8, 4) is 0 Å². The van der Waals surface area contributed by atoms with Crippen molar-refractivity contribution in [2.45, 2.75) is 30.4 Å². The first kappa shape index (κ1) is 23.6. The number of pyridine rings is 1. The number of carbonyl (C=O) groups is 1. The molecule has 0 saturated carbocycles. The van der Waals surface area contributed by atoms with Crippen molar-refractivity contribution in [1.29, 1.82) is 0 Å². The Kier molecular flexibility index (Phi) is 7.02. The molecule has 0 aliphatic rings. The predicted octanol–water partition coefficient (Wildman–Crippen LogP) is 3.58. The Morgan fingerprint density at radius 1 is 0.912 bits per heavy atom. The Hall–Kier alpha value is -3.59. The molecule has 0 spiro atoms. The van der Waals surface area contributed by atoms with Crippen molar-refractivity contribution in [3.63, 3.8) is 0 Å². The molecular formula is C26H25N3O4S. The van der Waals surface area contributed by atoms with Crippen molar-refractivity contribution in [3.05, 3.63) is 108 Å². The third kappa shape index (κ3) is 4.84. The summed E-state index contributed by atoms with van der Waals surface area (Å²) in [6, 6.07) is 23.2. The molecule has 8 heteroatoms. The van der Waals surface area contributed by atoms with E-state index in [1.807, 2.05) is 18.2 Å². The van der Waals surface area contributed by atoms with Crippen LogP contribution in [0.25, 0.3) is 10.9 Å². The van der Waals surface area contributed by atoms with Crippen LogP contribution in [-0.4, -0.2) is 34.8 Å². The molecule has 1 aromatic heterocycles. The van der Waals surface area contributed by atoms with Crippen LogP contribution in [0.3, 0.4) is 0 Å². The summed E-state index contributed by atoms with van der Waals surface area (Å²) in [4.78, 5) is 16.7. The number of benzene rings is 3. The number of sulfonamides is 1. The molecule has 0 aliphatic heterocycles. The summed E-state index contributed by atoms with van der Waals surface area (Å²) in [5.41, 5.74) is 8.31. The third-order valence-corrected chi connectivity index (χ3v) is 7.64. The number of hydrogen-bond acceptors (Lipinski definition) is 5. The van der Waals surface area contributed by atoms with Gasteiger partial charge in [-0.15, -0.1) is 0 Å². The van der Waals surface area contributed by atoms with E-state index in [1.54, 1.807) is 60.7 Å². The normalized spacial score (nSPS) is 12.6. The van der Waals surface area contributed by atoms with E-state index in [0.29, 0.717) is 16.5 Å². The molecule has 0 bridgehead atoms. The average Bonchev–Trinajstić information content (AvgIpc) is 2.86. The Labute approximate surface area is 198 Å². The fourth-order valence-corrected chi connectivity index (χ4v) is 5.73. The van der Waals surface area contributed by atoms with Crippen LogP contribution < -0.4 is 5.73 Å². The quantitative estimate of drug-likeness (QED) is 0.383. The van der Waals surface area contributed by atoms with Crippen molar-refractivity contribution in [2.75, 3.05) is 0 Å². The van der Waals surface area contributed by atoms with Crippen LogP contribution in [-0.2, 0) is 34.3 Å². The Bertz CT molecular complexity index is 1400. The second-order valence-corrected chi connectivity index (χ2v) is 9.76. The second-order valence-electron chi connectivity index (χ2n) is 7.90. The molecule has 3 N–H and O–H groups in total. The van der Waals surface area contributed by atoms with Crippen molar-refractivity contribution >= 4 is 26.9 Å². The van der Waals surface area contributed by atoms with Gasteiger partial charge in [-0.3, -0.25) is 9.78 Å². The zero-order chi connectivity index (χ0) is 24.1. The van der Waals surface area contributed by atoms with Crippen molar-refractivity contribution in [2.24, 2.45) is 5.73 Å². The lowest BCUT2D eigenvalue weighted by molar-refractivity contribution is -0.141. The molecule has 1 heterocycles. The Balaban J connectivity index is 1.87. The summed E-state index contributed by atoms with van der Waals surface area (Å²) in [6.07, 6.45) is 1.53. The van der Waals surface area contributed by atoms with Crippen molar-refractivity contribution < 1.29 is 18.3 Å². The number of nitrogens with zero attached hydrogens (tertiary/aromatic N) is 2. The summed E-state index contributed by atoms with van der Waals surface area (Å²) in [5, 5.41) is 10.8. The smallest absolute Gasteiger partial charge is 0.322 e. The molecule has 4 aromatic rings. The maximum Gasteiger partial charge on any atom is 0.322 e. The van der Waals surface area contributed by atoms with E-state index in [4.69, 9.17) is 5.73 Å². The summed E-state index contributed by atoms with van der Waals surface area (Å²) >= 11 is 0. The largest absolute Gasteiger partial charge is 0.480 e. The van der Waals surface area contributed by atoms with Gasteiger partial charge < -0.3 is 10.8 Å². The molecule has 7 nitrogen and oxygen atoms in total. The first-order valence-corrected chi connectivity index (χ1v) is 12.2. The van der Waals surface area contributed by atoms with Crippen LogP contribution in [0.15, 0.2) is 96.0 Å². The average molecular weight is 476 g/mol. The summed E-state index contributed by atoms with van der Waals surface area (Å²) < 4.78 is 29.2. The monoisotopic (exact) mass is 475 g/mol. The zero-order valence-corrected chi connectivity index (χ0v) is 19.2. The molecule has 174 valence electrons. The molecule has 0 amide bonds. The molecule has 0 radical (unpaired) electrons. The van der Waals surface area contributed by atoms with Gasteiger partial charge in [-0.2, -0.15) is 4.31 Å². The minimum atomic E-state index is -4.27. The van der Waals surface area contributed by atoms with Crippen LogP contribution in [0.1, 0.15) is 16.7 Å². The van der Waals surface area contributed by atoms with E-state index >= 15 is 0 Å². The maximum atomic E-state index is 14.1. The fourth-order valence-electron chi connectivity index (χ4n) is 4.00. The fraction of sp³-hybridized carbons (Fsp3) is 0.154. The molecule has 4 rings (SSSR count). The SMILES string of the molecule is NCc1ccccc1CN(C(Cc1ccccc1)C(=O)O)S(=O)(=O)c1cccc2cccnc12. The van der Waals surface area contributed by atoms with E-state index < -0.39 is 22.0 Å². The van der Waals surface area contributed by atoms with Crippen molar-refractivity contribution in [1.82, 2.24) is 9.29 Å². The van der Waals surface area contributed by atoms with E-state index in [9.17, 15) is 18.3 Å². The number of aromatic nitrogens is 1. The molecular weight excluding hydrogens is 450 g/mol. The minimum Gasteiger partial charge on any atom is -0.480 e. The molecule has 0 aliphatic carbocycles. The third-order valence-electron chi connectivity index (χ3n) is 5.75. The zero-order valence-electron chi connectivity index (χ0n) is 18.4. The number of fused-ring (bicyclic) bond motifs is 1. The highest BCUT2D eigenvalue weighted by molar-refractivity contribution is 7.89. The first-order chi connectivity index (χ1) is 16.4. The number of nitrogens with two attached hydrogens (primary N) is 1. The van der Waals surface area contributed by atoms with E-state index in [2.05, 4.69) is 4.98 Å². The lowest BCUT2D eigenvalue weighted by atomic mass is 10.0. The lowest BCUT2D eigenvalue weighted by Crippen LogP contribution is -2.46. The lowest BCUT2D eigenvalue weighted by Gasteiger charge is -2.29. The van der Waals surface area contributed by atoms with Crippen LogP contribution in [0, 0.1) is 0 Å².